The number of anilines is 3. The van der Waals surface area contributed by atoms with Crippen LogP contribution in [0.3, 0.4) is 0 Å². The highest BCUT2D eigenvalue weighted by molar-refractivity contribution is 6.00. The molecule has 158 valence electrons. The first-order valence-corrected chi connectivity index (χ1v) is 10.9. The first kappa shape index (κ1) is 20.3. The Hall–Kier alpha value is -2.96. The van der Waals surface area contributed by atoms with Crippen molar-refractivity contribution in [2.75, 3.05) is 10.2 Å². The molecule has 0 unspecified atom stereocenters. The summed E-state index contributed by atoms with van der Waals surface area (Å²) in [5.41, 5.74) is 2.31. The molecule has 1 aromatic heterocycles. The predicted molar refractivity (Wildman–Crippen MR) is 117 cm³/mol. The predicted octanol–water partition coefficient (Wildman–Crippen LogP) is 3.97. The van der Waals surface area contributed by atoms with Gasteiger partial charge in [-0.2, -0.15) is 4.98 Å². The summed E-state index contributed by atoms with van der Waals surface area (Å²) in [5, 5.41) is 6.29. The highest BCUT2D eigenvalue weighted by Gasteiger charge is 2.33. The number of rotatable bonds is 7. The molecule has 2 aliphatic rings. The van der Waals surface area contributed by atoms with Gasteiger partial charge in [0, 0.05) is 35.1 Å². The fourth-order valence-electron chi connectivity index (χ4n) is 4.36. The quantitative estimate of drug-likeness (QED) is 0.725. The molecular weight excluding hydrogens is 378 g/mol. The number of benzene rings is 1. The van der Waals surface area contributed by atoms with E-state index >= 15 is 0 Å². The molecule has 0 bridgehead atoms. The monoisotopic (exact) mass is 407 g/mol. The second-order valence-corrected chi connectivity index (χ2v) is 8.11. The second kappa shape index (κ2) is 8.81. The van der Waals surface area contributed by atoms with Crippen molar-refractivity contribution in [3.05, 3.63) is 41.6 Å². The SMILES string of the molecule is CCC(CC)N1C(=O)Cc2cnc(Nc3ccc(C(=O)NC4CCCC4)cc3)nc21. The fourth-order valence-corrected chi connectivity index (χ4v) is 4.36. The third-order valence-corrected chi connectivity index (χ3v) is 6.08. The standard InChI is InChI=1S/C23H29N5O2/c1-3-19(4-2)28-20(29)13-16-14-24-23(27-21(16)28)26-18-11-9-15(10-12-18)22(30)25-17-7-5-6-8-17/h9-12,14,17,19H,3-8,13H2,1-2H3,(H,25,30)(H,24,26,27). The summed E-state index contributed by atoms with van der Waals surface area (Å²) in [4.78, 5) is 35.7. The van der Waals surface area contributed by atoms with Crippen LogP contribution in [0.1, 0.15) is 68.3 Å². The topological polar surface area (TPSA) is 87.2 Å². The smallest absolute Gasteiger partial charge is 0.251 e. The molecule has 1 fully saturated rings. The van der Waals surface area contributed by atoms with Crippen molar-refractivity contribution in [3.8, 4) is 0 Å². The molecule has 1 aromatic carbocycles. The maximum absolute atomic E-state index is 12.5. The zero-order valence-electron chi connectivity index (χ0n) is 17.6. The first-order chi connectivity index (χ1) is 14.6. The Morgan fingerprint density at radius 1 is 1.17 bits per heavy atom. The van der Waals surface area contributed by atoms with Gasteiger partial charge in [-0.3, -0.25) is 14.5 Å². The van der Waals surface area contributed by atoms with Crippen molar-refractivity contribution >= 4 is 29.3 Å². The van der Waals surface area contributed by atoms with Crippen LogP contribution in [0.25, 0.3) is 0 Å². The average molecular weight is 408 g/mol. The van der Waals surface area contributed by atoms with Gasteiger partial charge in [0.25, 0.3) is 5.91 Å². The number of hydrogen-bond donors (Lipinski definition) is 2. The molecule has 4 rings (SSSR count). The normalized spacial score (nSPS) is 16.2. The number of aromatic nitrogens is 2. The molecule has 2 amide bonds. The zero-order chi connectivity index (χ0) is 21.1. The van der Waals surface area contributed by atoms with Gasteiger partial charge in [-0.05, 0) is 49.9 Å². The number of nitrogens with zero attached hydrogens (tertiary/aromatic N) is 3. The maximum atomic E-state index is 12.5. The molecule has 2 heterocycles. The van der Waals surface area contributed by atoms with Gasteiger partial charge in [-0.1, -0.05) is 26.7 Å². The lowest BCUT2D eigenvalue weighted by molar-refractivity contribution is -0.117. The van der Waals surface area contributed by atoms with Gasteiger partial charge in [0.15, 0.2) is 0 Å². The number of fused-ring (bicyclic) bond motifs is 1. The van der Waals surface area contributed by atoms with E-state index in [0.717, 1.165) is 36.9 Å². The highest BCUT2D eigenvalue weighted by atomic mass is 16.2. The van der Waals surface area contributed by atoms with Crippen LogP contribution < -0.4 is 15.5 Å². The minimum Gasteiger partial charge on any atom is -0.349 e. The molecule has 0 saturated heterocycles. The van der Waals surface area contributed by atoms with E-state index in [0.29, 0.717) is 29.8 Å². The van der Waals surface area contributed by atoms with Crippen LogP contribution >= 0.6 is 0 Å². The number of amides is 2. The molecule has 7 nitrogen and oxygen atoms in total. The van der Waals surface area contributed by atoms with Gasteiger partial charge in [-0.15, -0.1) is 0 Å². The van der Waals surface area contributed by atoms with E-state index in [-0.39, 0.29) is 17.9 Å². The third-order valence-electron chi connectivity index (χ3n) is 6.08. The van der Waals surface area contributed by atoms with Gasteiger partial charge in [0.2, 0.25) is 11.9 Å². The van der Waals surface area contributed by atoms with Crippen LogP contribution in [0, 0.1) is 0 Å². The molecule has 0 spiro atoms. The molecular formula is C23H29N5O2. The van der Waals surface area contributed by atoms with Crippen molar-refractivity contribution in [1.29, 1.82) is 0 Å². The van der Waals surface area contributed by atoms with Crippen molar-refractivity contribution in [1.82, 2.24) is 15.3 Å². The third kappa shape index (κ3) is 4.15. The Morgan fingerprint density at radius 2 is 1.87 bits per heavy atom. The van der Waals surface area contributed by atoms with E-state index in [1.54, 1.807) is 18.3 Å². The van der Waals surface area contributed by atoms with Crippen LogP contribution in [0.15, 0.2) is 30.5 Å². The van der Waals surface area contributed by atoms with Gasteiger partial charge in [0.05, 0.1) is 6.42 Å². The minimum atomic E-state index is -0.0263. The molecule has 30 heavy (non-hydrogen) atoms. The van der Waals surface area contributed by atoms with Gasteiger partial charge >= 0.3 is 0 Å². The summed E-state index contributed by atoms with van der Waals surface area (Å²) in [6.45, 7) is 4.18. The molecule has 0 radical (unpaired) electrons. The van der Waals surface area contributed by atoms with Crippen LogP contribution in [-0.2, 0) is 11.2 Å². The van der Waals surface area contributed by atoms with Gasteiger partial charge in [0.1, 0.15) is 5.82 Å². The summed E-state index contributed by atoms with van der Waals surface area (Å²) < 4.78 is 0. The Morgan fingerprint density at radius 3 is 2.53 bits per heavy atom. The van der Waals surface area contributed by atoms with E-state index in [1.807, 2.05) is 17.0 Å². The average Bonchev–Trinajstić information content (AvgIpc) is 3.37. The first-order valence-electron chi connectivity index (χ1n) is 10.9. The summed E-state index contributed by atoms with van der Waals surface area (Å²) >= 11 is 0. The maximum Gasteiger partial charge on any atom is 0.251 e. The lowest BCUT2D eigenvalue weighted by atomic mass is 10.1. The summed E-state index contributed by atoms with van der Waals surface area (Å²) in [7, 11) is 0. The zero-order valence-corrected chi connectivity index (χ0v) is 17.6. The van der Waals surface area contributed by atoms with Crippen LogP contribution in [-0.4, -0.2) is 33.9 Å². The Bertz CT molecular complexity index is 918. The summed E-state index contributed by atoms with van der Waals surface area (Å²) in [6.07, 6.45) is 8.38. The van der Waals surface area contributed by atoms with Crippen LogP contribution in [0.4, 0.5) is 17.5 Å². The minimum absolute atomic E-state index is 0.0263. The van der Waals surface area contributed by atoms with E-state index in [9.17, 15) is 9.59 Å². The molecule has 1 aliphatic carbocycles. The molecule has 7 heteroatoms. The number of carbonyl (C=O) groups is 2. The number of hydrogen-bond acceptors (Lipinski definition) is 5. The number of carbonyl (C=O) groups excluding carboxylic acids is 2. The Kier molecular flexibility index (Phi) is 5.97. The van der Waals surface area contributed by atoms with E-state index in [4.69, 9.17) is 0 Å². The highest BCUT2D eigenvalue weighted by Crippen LogP contribution is 2.31. The molecule has 2 N–H and O–H groups in total. The molecule has 1 saturated carbocycles. The summed E-state index contributed by atoms with van der Waals surface area (Å²) in [6, 6.07) is 7.77. The van der Waals surface area contributed by atoms with Crippen molar-refractivity contribution in [2.24, 2.45) is 0 Å². The van der Waals surface area contributed by atoms with Crippen molar-refractivity contribution in [2.45, 2.75) is 70.9 Å². The van der Waals surface area contributed by atoms with Crippen LogP contribution in [0.2, 0.25) is 0 Å². The molecule has 2 aromatic rings. The van der Waals surface area contributed by atoms with Gasteiger partial charge < -0.3 is 10.6 Å². The van der Waals surface area contributed by atoms with E-state index in [2.05, 4.69) is 34.4 Å². The largest absolute Gasteiger partial charge is 0.349 e. The summed E-state index contributed by atoms with van der Waals surface area (Å²) in [5.74, 6) is 1.21. The number of nitrogens with one attached hydrogen (secondary N) is 2. The van der Waals surface area contributed by atoms with Crippen LogP contribution in [0.5, 0.6) is 0 Å². The Balaban J connectivity index is 1.46. The molecule has 1 aliphatic heterocycles. The van der Waals surface area contributed by atoms with Crippen molar-refractivity contribution in [3.63, 3.8) is 0 Å². The van der Waals surface area contributed by atoms with E-state index in [1.165, 1.54) is 12.8 Å². The Labute approximate surface area is 177 Å². The van der Waals surface area contributed by atoms with E-state index < -0.39 is 0 Å². The van der Waals surface area contributed by atoms with Gasteiger partial charge in [-0.25, -0.2) is 4.98 Å². The lowest BCUT2D eigenvalue weighted by Crippen LogP contribution is -2.37. The second-order valence-electron chi connectivity index (χ2n) is 8.11. The molecule has 0 atom stereocenters. The fraction of sp³-hybridized carbons (Fsp3) is 0.478. The lowest BCUT2D eigenvalue weighted by Gasteiger charge is -2.25. The van der Waals surface area contributed by atoms with Crippen molar-refractivity contribution < 1.29 is 9.59 Å².